The summed E-state index contributed by atoms with van der Waals surface area (Å²) in [5.74, 6) is 0. The van der Waals surface area contributed by atoms with Gasteiger partial charge in [-0.15, -0.1) is 0 Å². The Hall–Kier alpha value is -10.5. The SMILES string of the molecule is CC1(C)c2cc(-c3ccc(C=Cc4ccc5c(c4)c4ccccc4n5-c4cccc5ccccc45)cc3)ccc2-c2cc3c(cc21)-c1ccc(-c2ccc(C=Cc4ccc5c(c4)c4ccccc4n5-c4cccc5ccccc45)cc2)cc1C3(C)C. The van der Waals surface area contributed by atoms with E-state index in [-0.39, 0.29) is 10.8 Å². The second-order valence-corrected chi connectivity index (χ2v) is 24.9. The van der Waals surface area contributed by atoms with E-state index in [4.69, 9.17) is 0 Å². The minimum Gasteiger partial charge on any atom is -0.309 e. The molecule has 13 aromatic carbocycles. The third-order valence-corrected chi connectivity index (χ3v) is 19.3. The number of rotatable bonds is 8. The molecule has 0 fully saturated rings. The highest BCUT2D eigenvalue weighted by Gasteiger charge is 2.42. The monoisotopic (exact) mass is 1100 g/mol. The molecular weight excluding hydrogens is 1040 g/mol. The van der Waals surface area contributed by atoms with Crippen molar-refractivity contribution < 1.29 is 0 Å². The van der Waals surface area contributed by atoms with E-state index in [9.17, 15) is 0 Å². The van der Waals surface area contributed by atoms with Crippen LogP contribution in [0.5, 0.6) is 0 Å². The number of hydrogen-bond donors (Lipinski definition) is 0. The lowest BCUT2D eigenvalue weighted by atomic mass is 9.79. The Morgan fingerprint density at radius 3 is 1.02 bits per heavy atom. The molecule has 2 heteroatoms. The van der Waals surface area contributed by atoms with Crippen molar-refractivity contribution in [2.45, 2.75) is 38.5 Å². The van der Waals surface area contributed by atoms with Crippen molar-refractivity contribution >= 4 is 89.5 Å². The zero-order valence-corrected chi connectivity index (χ0v) is 48.6. The quantitative estimate of drug-likeness (QED) is 0.134. The molecule has 2 aliphatic rings. The molecule has 0 N–H and O–H groups in total. The molecule has 406 valence electrons. The van der Waals surface area contributed by atoms with Gasteiger partial charge in [0.2, 0.25) is 0 Å². The van der Waals surface area contributed by atoms with Crippen LogP contribution in [-0.2, 0) is 10.8 Å². The first-order chi connectivity index (χ1) is 42.1. The highest BCUT2D eigenvalue weighted by molar-refractivity contribution is 6.13. The van der Waals surface area contributed by atoms with Gasteiger partial charge in [-0.2, -0.15) is 0 Å². The molecule has 0 spiro atoms. The van der Waals surface area contributed by atoms with Gasteiger partial charge in [-0.05, 0) is 173 Å². The lowest BCUT2D eigenvalue weighted by Crippen LogP contribution is -2.17. The van der Waals surface area contributed by atoms with E-state index in [1.807, 2.05) is 0 Å². The van der Waals surface area contributed by atoms with E-state index in [1.54, 1.807) is 0 Å². The Kier molecular flexibility index (Phi) is 11.0. The van der Waals surface area contributed by atoms with Crippen LogP contribution in [0, 0.1) is 0 Å². The van der Waals surface area contributed by atoms with Gasteiger partial charge in [0.15, 0.2) is 0 Å². The highest BCUT2D eigenvalue weighted by Crippen LogP contribution is 2.57. The summed E-state index contributed by atoms with van der Waals surface area (Å²) in [6.45, 7) is 9.65. The number of benzene rings is 13. The predicted molar refractivity (Wildman–Crippen MR) is 367 cm³/mol. The van der Waals surface area contributed by atoms with Crippen molar-refractivity contribution in [1.29, 1.82) is 0 Å². The van der Waals surface area contributed by atoms with Gasteiger partial charge >= 0.3 is 0 Å². The molecule has 0 radical (unpaired) electrons. The van der Waals surface area contributed by atoms with Crippen molar-refractivity contribution in [2.75, 3.05) is 0 Å². The fraction of sp³-hybridized carbons (Fsp3) is 0.0714. The topological polar surface area (TPSA) is 9.86 Å². The van der Waals surface area contributed by atoms with E-state index >= 15 is 0 Å². The maximum Gasteiger partial charge on any atom is 0.0541 e. The first-order valence-corrected chi connectivity index (χ1v) is 30.2. The van der Waals surface area contributed by atoms with E-state index in [0.29, 0.717) is 0 Å². The van der Waals surface area contributed by atoms with Gasteiger partial charge in [-0.1, -0.05) is 246 Å². The maximum atomic E-state index is 2.53. The first kappa shape index (κ1) is 50.0. The second-order valence-electron chi connectivity index (χ2n) is 24.9. The van der Waals surface area contributed by atoms with Gasteiger partial charge in [0, 0.05) is 43.1 Å². The third-order valence-electron chi connectivity index (χ3n) is 19.3. The molecule has 0 bridgehead atoms. The molecule has 2 heterocycles. The molecular formula is C84H60N2. The molecule has 2 aromatic heterocycles. The van der Waals surface area contributed by atoms with Crippen molar-refractivity contribution in [3.05, 3.63) is 311 Å². The van der Waals surface area contributed by atoms with Gasteiger partial charge in [0.05, 0.1) is 33.4 Å². The van der Waals surface area contributed by atoms with Crippen LogP contribution in [0.25, 0.3) is 145 Å². The Balaban J connectivity index is 0.609. The summed E-state index contributed by atoms with van der Waals surface area (Å²) >= 11 is 0. The molecule has 2 aliphatic carbocycles. The smallest absolute Gasteiger partial charge is 0.0541 e. The van der Waals surface area contributed by atoms with E-state index in [1.165, 1.54) is 166 Å². The zero-order valence-electron chi connectivity index (χ0n) is 48.6. The Bertz CT molecular complexity index is 5030. The molecule has 15 aromatic rings. The normalized spacial score (nSPS) is 13.9. The second kappa shape index (κ2) is 19.0. The lowest BCUT2D eigenvalue weighted by Gasteiger charge is -2.24. The van der Waals surface area contributed by atoms with Crippen LogP contribution < -0.4 is 0 Å². The average Bonchev–Trinajstić information content (AvgIpc) is 1.75. The van der Waals surface area contributed by atoms with Crippen LogP contribution in [0.4, 0.5) is 0 Å². The highest BCUT2D eigenvalue weighted by atomic mass is 15.0. The van der Waals surface area contributed by atoms with Crippen molar-refractivity contribution in [3.63, 3.8) is 0 Å². The van der Waals surface area contributed by atoms with E-state index in [2.05, 4.69) is 328 Å². The molecule has 17 rings (SSSR count). The average molecular weight is 1100 g/mol. The minimum absolute atomic E-state index is 0.158. The number of fused-ring (bicyclic) bond motifs is 14. The van der Waals surface area contributed by atoms with Crippen molar-refractivity contribution in [3.8, 4) is 55.9 Å². The molecule has 2 nitrogen and oxygen atoms in total. The largest absolute Gasteiger partial charge is 0.309 e. The summed E-state index contributed by atoms with van der Waals surface area (Å²) in [6, 6.07) is 99.4. The van der Waals surface area contributed by atoms with Crippen LogP contribution >= 0.6 is 0 Å². The third kappa shape index (κ3) is 7.72. The van der Waals surface area contributed by atoms with Crippen LogP contribution in [0.2, 0.25) is 0 Å². The van der Waals surface area contributed by atoms with Crippen LogP contribution in [-0.4, -0.2) is 9.13 Å². The lowest BCUT2D eigenvalue weighted by molar-refractivity contribution is 0.652. The van der Waals surface area contributed by atoms with Crippen molar-refractivity contribution in [1.82, 2.24) is 9.13 Å². The summed E-state index contributed by atoms with van der Waals surface area (Å²) in [5.41, 5.74) is 27.6. The van der Waals surface area contributed by atoms with Crippen molar-refractivity contribution in [2.24, 2.45) is 0 Å². The summed E-state index contributed by atoms with van der Waals surface area (Å²) in [7, 11) is 0. The molecule has 0 saturated carbocycles. The van der Waals surface area contributed by atoms with Gasteiger partial charge in [0.25, 0.3) is 0 Å². The fourth-order valence-corrected chi connectivity index (χ4v) is 14.8. The summed E-state index contributed by atoms with van der Waals surface area (Å²) < 4.78 is 4.85. The molecule has 0 atom stereocenters. The predicted octanol–water partition coefficient (Wildman–Crippen LogP) is 22.5. The van der Waals surface area contributed by atoms with Gasteiger partial charge in [-0.3, -0.25) is 0 Å². The summed E-state index contributed by atoms with van der Waals surface area (Å²) in [4.78, 5) is 0. The van der Waals surface area contributed by atoms with Crippen LogP contribution in [0.15, 0.2) is 267 Å². The number of hydrogen-bond acceptors (Lipinski definition) is 0. The number of nitrogens with zero attached hydrogens (tertiary/aromatic N) is 2. The summed E-state index contributed by atoms with van der Waals surface area (Å²) in [5, 5.41) is 10.0. The van der Waals surface area contributed by atoms with E-state index < -0.39 is 0 Å². The summed E-state index contributed by atoms with van der Waals surface area (Å²) in [6.07, 6.45) is 8.97. The first-order valence-electron chi connectivity index (χ1n) is 30.2. The number of aromatic nitrogens is 2. The molecule has 86 heavy (non-hydrogen) atoms. The maximum absolute atomic E-state index is 2.53. The van der Waals surface area contributed by atoms with Gasteiger partial charge in [0.1, 0.15) is 0 Å². The standard InChI is InChI=1S/C84H60N2/c1-83(2)73-49-61(57-37-31-53(32-38-57)27-29-55-35-45-81-71(47-55)67-21-9-11-23-79(67)85(81)77-25-13-17-59-15-5-7-19-63(59)77)41-43-65(73)69-52-76-70(51-75(69)83)66-44-42-62(50-74(66)84(76,3)4)58-39-33-54(34-40-58)28-30-56-36-46-82-72(48-56)68-22-10-12-24-80(68)86(82)78-26-14-18-60-16-6-8-20-64(60)78/h5-52H,1-4H3. The Labute approximate surface area is 501 Å². The van der Waals surface area contributed by atoms with Gasteiger partial charge < -0.3 is 9.13 Å². The van der Waals surface area contributed by atoms with Crippen LogP contribution in [0.1, 0.15) is 72.2 Å². The molecule has 0 aliphatic heterocycles. The molecule has 0 amide bonds. The minimum atomic E-state index is -0.158. The molecule has 0 unspecified atom stereocenters. The fourth-order valence-electron chi connectivity index (χ4n) is 14.8. The van der Waals surface area contributed by atoms with E-state index in [0.717, 1.165) is 0 Å². The number of para-hydroxylation sites is 2. The van der Waals surface area contributed by atoms with Crippen LogP contribution in [0.3, 0.4) is 0 Å². The van der Waals surface area contributed by atoms with Gasteiger partial charge in [-0.25, -0.2) is 0 Å². The zero-order chi connectivity index (χ0) is 57.4. The Morgan fingerprint density at radius 1 is 0.244 bits per heavy atom. The Morgan fingerprint density at radius 2 is 0.581 bits per heavy atom. The molecule has 0 saturated heterocycles.